The molecule has 0 amide bonds. The lowest BCUT2D eigenvalue weighted by Crippen LogP contribution is -2.15. The van der Waals surface area contributed by atoms with Crippen LogP contribution < -0.4 is 5.32 Å². The van der Waals surface area contributed by atoms with Crippen LogP contribution in [0.3, 0.4) is 0 Å². The van der Waals surface area contributed by atoms with Crippen LogP contribution in [0.2, 0.25) is 0 Å². The number of benzene rings is 6. The second-order valence-electron chi connectivity index (χ2n) is 12.8. The van der Waals surface area contributed by atoms with Crippen molar-refractivity contribution in [2.75, 3.05) is 0 Å². The Balaban J connectivity index is 1.46. The maximum absolute atomic E-state index is 4.53. The average molecular weight is 593 g/mol. The summed E-state index contributed by atoms with van der Waals surface area (Å²) in [7, 11) is 0. The molecular formula is C44H36N2. The smallest absolute Gasteiger partial charge is 0.0594 e. The molecule has 0 spiro atoms. The van der Waals surface area contributed by atoms with Gasteiger partial charge in [0.1, 0.15) is 0 Å². The molecule has 2 heteroatoms. The Morgan fingerprint density at radius 2 is 1.43 bits per heavy atom. The van der Waals surface area contributed by atoms with E-state index in [1.165, 1.54) is 71.3 Å². The molecule has 7 aromatic rings. The highest BCUT2D eigenvalue weighted by Crippen LogP contribution is 2.52. The van der Waals surface area contributed by atoms with E-state index >= 15 is 0 Å². The predicted octanol–water partition coefficient (Wildman–Crippen LogP) is 11.2. The first-order valence-electron chi connectivity index (χ1n) is 16.1. The van der Waals surface area contributed by atoms with E-state index in [4.69, 9.17) is 0 Å². The van der Waals surface area contributed by atoms with Gasteiger partial charge in [0.15, 0.2) is 0 Å². The summed E-state index contributed by atoms with van der Waals surface area (Å²) in [5, 5.41) is 11.1. The number of rotatable bonds is 6. The molecule has 1 N–H and O–H groups in total. The maximum Gasteiger partial charge on any atom is 0.0594 e. The van der Waals surface area contributed by atoms with E-state index in [0.29, 0.717) is 6.54 Å². The molecule has 0 saturated carbocycles. The van der Waals surface area contributed by atoms with Crippen molar-refractivity contribution < 1.29 is 0 Å². The van der Waals surface area contributed by atoms with Crippen molar-refractivity contribution in [1.29, 1.82) is 0 Å². The van der Waals surface area contributed by atoms with E-state index in [0.717, 1.165) is 11.3 Å². The highest BCUT2D eigenvalue weighted by molar-refractivity contribution is 6.21. The van der Waals surface area contributed by atoms with Gasteiger partial charge < -0.3 is 5.32 Å². The zero-order valence-electron chi connectivity index (χ0n) is 26.5. The monoisotopic (exact) mass is 592 g/mol. The summed E-state index contributed by atoms with van der Waals surface area (Å²) in [6, 6.07) is 44.5. The molecule has 2 nitrogen and oxygen atoms in total. The van der Waals surface area contributed by atoms with Crippen molar-refractivity contribution in [2.24, 2.45) is 0 Å². The highest BCUT2D eigenvalue weighted by Gasteiger charge is 2.36. The van der Waals surface area contributed by atoms with Crippen molar-refractivity contribution in [2.45, 2.75) is 32.7 Å². The van der Waals surface area contributed by atoms with Crippen LogP contribution in [0.25, 0.3) is 60.1 Å². The molecule has 46 heavy (non-hydrogen) atoms. The second kappa shape index (κ2) is 11.2. The maximum atomic E-state index is 4.53. The van der Waals surface area contributed by atoms with Crippen LogP contribution in [0, 0.1) is 0 Å². The third-order valence-corrected chi connectivity index (χ3v) is 9.67. The molecule has 0 aliphatic heterocycles. The molecule has 1 aromatic heterocycles. The Morgan fingerprint density at radius 3 is 2.26 bits per heavy atom. The van der Waals surface area contributed by atoms with Crippen LogP contribution in [-0.4, -0.2) is 4.98 Å². The molecule has 1 aliphatic carbocycles. The van der Waals surface area contributed by atoms with Crippen molar-refractivity contribution in [3.8, 4) is 22.3 Å². The van der Waals surface area contributed by atoms with Crippen molar-refractivity contribution in [1.82, 2.24) is 10.3 Å². The van der Waals surface area contributed by atoms with Gasteiger partial charge in [0.05, 0.1) is 12.2 Å². The van der Waals surface area contributed by atoms with Gasteiger partial charge in [0.2, 0.25) is 0 Å². The molecule has 222 valence electrons. The molecule has 8 rings (SSSR count). The van der Waals surface area contributed by atoms with Crippen LogP contribution in [0.4, 0.5) is 0 Å². The number of hydrogen-bond acceptors (Lipinski definition) is 2. The summed E-state index contributed by atoms with van der Waals surface area (Å²) in [4.78, 5) is 4.53. The van der Waals surface area contributed by atoms with Crippen LogP contribution >= 0.6 is 0 Å². The highest BCUT2D eigenvalue weighted by atomic mass is 14.9. The summed E-state index contributed by atoms with van der Waals surface area (Å²) in [6.07, 6.45) is 8.38. The molecule has 0 radical (unpaired) electrons. The fourth-order valence-electron chi connectivity index (χ4n) is 7.49. The summed E-state index contributed by atoms with van der Waals surface area (Å²) in [5.74, 6) is 0. The Kier molecular flexibility index (Phi) is 6.80. The van der Waals surface area contributed by atoms with Crippen LogP contribution in [0.15, 0.2) is 146 Å². The largest absolute Gasteiger partial charge is 0.385 e. The predicted molar refractivity (Wildman–Crippen MR) is 196 cm³/mol. The number of fused-ring (bicyclic) bond motifs is 6. The molecule has 1 heterocycles. The second-order valence-corrected chi connectivity index (χ2v) is 12.8. The van der Waals surface area contributed by atoms with E-state index in [-0.39, 0.29) is 5.41 Å². The van der Waals surface area contributed by atoms with Gasteiger partial charge >= 0.3 is 0 Å². The van der Waals surface area contributed by atoms with E-state index in [1.54, 1.807) is 0 Å². The lowest BCUT2D eigenvalue weighted by molar-refractivity contribution is 0.661. The quantitative estimate of drug-likeness (QED) is 0.153. The number of hydrogen-bond donors (Lipinski definition) is 1. The van der Waals surface area contributed by atoms with Gasteiger partial charge in [-0.1, -0.05) is 117 Å². The van der Waals surface area contributed by atoms with Gasteiger partial charge in [0.25, 0.3) is 0 Å². The van der Waals surface area contributed by atoms with Gasteiger partial charge in [-0.15, -0.1) is 0 Å². The molecule has 0 fully saturated rings. The van der Waals surface area contributed by atoms with E-state index in [1.807, 2.05) is 18.3 Å². The standard InChI is InChI=1S/C44H36N2/c1-4-13-32(27-45-28-33-16-11-12-23-46-33)43-36-19-8-7-18-35(36)42(31-22-21-29-14-5-6-15-30(29)24-31)38-25-37-34-17-9-10-20-40(34)44(2,3)41(37)26-39(38)43/h4-27,45H,28H2,1-3H3/b13-4-,32-27+. The summed E-state index contributed by atoms with van der Waals surface area (Å²) < 4.78 is 0. The molecule has 6 aromatic carbocycles. The minimum atomic E-state index is -0.103. The summed E-state index contributed by atoms with van der Waals surface area (Å²) in [6.45, 7) is 7.49. The molecule has 0 unspecified atom stereocenters. The molecule has 0 saturated heterocycles. The van der Waals surface area contributed by atoms with Gasteiger partial charge in [0, 0.05) is 17.8 Å². The number of nitrogens with one attached hydrogen (secondary N) is 1. The van der Waals surface area contributed by atoms with Crippen LogP contribution in [0.5, 0.6) is 0 Å². The Hall–Kier alpha value is -5.47. The van der Waals surface area contributed by atoms with Gasteiger partial charge in [-0.3, -0.25) is 4.98 Å². The third kappa shape index (κ3) is 4.52. The first kappa shape index (κ1) is 28.0. The van der Waals surface area contributed by atoms with E-state index in [2.05, 4.69) is 159 Å². The first-order valence-corrected chi connectivity index (χ1v) is 16.1. The molecular weight excluding hydrogens is 556 g/mol. The topological polar surface area (TPSA) is 24.9 Å². The third-order valence-electron chi connectivity index (χ3n) is 9.67. The Morgan fingerprint density at radius 1 is 0.674 bits per heavy atom. The van der Waals surface area contributed by atoms with E-state index in [9.17, 15) is 0 Å². The number of nitrogens with zero attached hydrogens (tertiary/aromatic N) is 1. The lowest BCUT2D eigenvalue weighted by Gasteiger charge is -2.24. The average Bonchev–Trinajstić information content (AvgIpc) is 3.31. The SMILES string of the molecule is C/C=C\C(=C/NCc1ccccn1)c1c2ccccc2c(-c2ccc3ccccc3c2)c2cc3c(cc12)C(C)(C)c1ccccc1-3. The van der Waals surface area contributed by atoms with Gasteiger partial charge in [-0.05, 0) is 114 Å². The summed E-state index contributed by atoms with van der Waals surface area (Å²) in [5.41, 5.74) is 11.3. The van der Waals surface area contributed by atoms with Crippen molar-refractivity contribution in [3.63, 3.8) is 0 Å². The fourth-order valence-corrected chi connectivity index (χ4v) is 7.49. The zero-order valence-corrected chi connectivity index (χ0v) is 26.5. The molecule has 0 atom stereocenters. The minimum Gasteiger partial charge on any atom is -0.385 e. The van der Waals surface area contributed by atoms with Crippen LogP contribution in [0.1, 0.15) is 43.2 Å². The fraction of sp³-hybridized carbons (Fsp3) is 0.114. The van der Waals surface area contributed by atoms with Gasteiger partial charge in [-0.2, -0.15) is 0 Å². The first-order chi connectivity index (χ1) is 22.5. The van der Waals surface area contributed by atoms with Crippen molar-refractivity contribution >= 4 is 37.9 Å². The Labute approximate surface area is 270 Å². The van der Waals surface area contributed by atoms with E-state index < -0.39 is 0 Å². The number of pyridine rings is 1. The summed E-state index contributed by atoms with van der Waals surface area (Å²) >= 11 is 0. The molecule has 1 aliphatic rings. The lowest BCUT2D eigenvalue weighted by atomic mass is 9.79. The van der Waals surface area contributed by atoms with Gasteiger partial charge in [-0.25, -0.2) is 0 Å². The normalized spacial score (nSPS) is 13.8. The van der Waals surface area contributed by atoms with Crippen LogP contribution in [-0.2, 0) is 12.0 Å². The van der Waals surface area contributed by atoms with Crippen molar-refractivity contribution in [3.05, 3.63) is 168 Å². The molecule has 0 bridgehead atoms. The number of allylic oxidation sites excluding steroid dienone is 3. The number of aromatic nitrogens is 1. The minimum absolute atomic E-state index is 0.103. The zero-order chi connectivity index (χ0) is 31.3. The Bertz CT molecular complexity index is 2340.